The predicted octanol–water partition coefficient (Wildman–Crippen LogP) is 1.30. The Morgan fingerprint density at radius 1 is 1.30 bits per heavy atom. The van der Waals surface area contributed by atoms with Crippen molar-refractivity contribution in [1.29, 1.82) is 0 Å². The molecule has 0 spiro atoms. The molecule has 4 nitrogen and oxygen atoms in total. The van der Waals surface area contributed by atoms with Gasteiger partial charge in [0.1, 0.15) is 0 Å². The van der Waals surface area contributed by atoms with E-state index >= 15 is 0 Å². The van der Waals surface area contributed by atoms with E-state index in [1.54, 1.807) is 0 Å². The highest BCUT2D eigenvalue weighted by atomic mass is 35.5. The van der Waals surface area contributed by atoms with Gasteiger partial charge in [-0.1, -0.05) is 30.3 Å². The summed E-state index contributed by atoms with van der Waals surface area (Å²) in [6.45, 7) is 2.39. The van der Waals surface area contributed by atoms with Crippen LogP contribution in [0.4, 0.5) is 0 Å². The molecule has 0 bridgehead atoms. The van der Waals surface area contributed by atoms with Crippen LogP contribution in [-0.2, 0) is 4.79 Å². The number of benzene rings is 1. The number of piperidine rings is 1. The summed E-state index contributed by atoms with van der Waals surface area (Å²) in [4.78, 5) is 12.0. The molecule has 1 aromatic carbocycles. The fraction of sp³-hybridized carbons (Fsp3) is 0.533. The van der Waals surface area contributed by atoms with Gasteiger partial charge in [0.25, 0.3) is 0 Å². The minimum absolute atomic E-state index is 0. The van der Waals surface area contributed by atoms with Crippen LogP contribution in [0.3, 0.4) is 0 Å². The van der Waals surface area contributed by atoms with Gasteiger partial charge in [0.2, 0.25) is 5.91 Å². The molecule has 1 aliphatic rings. The number of carbonyl (C=O) groups excluding carboxylic acids is 1. The van der Waals surface area contributed by atoms with Gasteiger partial charge in [0.05, 0.1) is 6.61 Å². The quantitative estimate of drug-likeness (QED) is 0.768. The van der Waals surface area contributed by atoms with E-state index in [4.69, 9.17) is 0 Å². The van der Waals surface area contributed by atoms with Crippen LogP contribution in [0.2, 0.25) is 0 Å². The van der Waals surface area contributed by atoms with Crippen LogP contribution in [0.15, 0.2) is 30.3 Å². The van der Waals surface area contributed by atoms with Crippen molar-refractivity contribution in [2.24, 2.45) is 5.92 Å². The van der Waals surface area contributed by atoms with Crippen LogP contribution in [0.5, 0.6) is 0 Å². The van der Waals surface area contributed by atoms with Crippen molar-refractivity contribution >= 4 is 18.3 Å². The molecule has 0 aromatic heterocycles. The van der Waals surface area contributed by atoms with Gasteiger partial charge < -0.3 is 15.7 Å². The maximum atomic E-state index is 12.0. The Morgan fingerprint density at radius 3 is 2.55 bits per heavy atom. The summed E-state index contributed by atoms with van der Waals surface area (Å²) in [6.07, 6.45) is 1.81. The predicted molar refractivity (Wildman–Crippen MR) is 82.1 cm³/mol. The second kappa shape index (κ2) is 8.95. The van der Waals surface area contributed by atoms with E-state index in [0.717, 1.165) is 31.5 Å². The molecular weight excluding hydrogens is 276 g/mol. The maximum absolute atomic E-state index is 12.0. The first-order valence-corrected chi connectivity index (χ1v) is 6.95. The summed E-state index contributed by atoms with van der Waals surface area (Å²) in [5.74, 6) is 0.221. The van der Waals surface area contributed by atoms with Crippen LogP contribution in [0.1, 0.15) is 24.3 Å². The molecule has 1 heterocycles. The van der Waals surface area contributed by atoms with Crippen molar-refractivity contribution in [1.82, 2.24) is 10.6 Å². The molecule has 0 aliphatic carbocycles. The average molecular weight is 299 g/mol. The number of amides is 1. The first-order valence-electron chi connectivity index (χ1n) is 6.95. The van der Waals surface area contributed by atoms with E-state index in [1.165, 1.54) is 0 Å². The lowest BCUT2D eigenvalue weighted by atomic mass is 9.96. The molecule has 5 heteroatoms. The molecule has 112 valence electrons. The third kappa shape index (κ3) is 4.78. The lowest BCUT2D eigenvalue weighted by Gasteiger charge is -2.23. The summed E-state index contributed by atoms with van der Waals surface area (Å²) < 4.78 is 0. The summed E-state index contributed by atoms with van der Waals surface area (Å²) in [7, 11) is 0. The minimum Gasteiger partial charge on any atom is -0.396 e. The molecule has 0 radical (unpaired) electrons. The molecule has 3 N–H and O–H groups in total. The van der Waals surface area contributed by atoms with Crippen molar-refractivity contribution in [3.63, 3.8) is 0 Å². The topological polar surface area (TPSA) is 61.4 Å². The van der Waals surface area contributed by atoms with E-state index in [0.29, 0.717) is 6.54 Å². The third-order valence-corrected chi connectivity index (χ3v) is 3.72. The summed E-state index contributed by atoms with van der Waals surface area (Å²) >= 11 is 0. The lowest BCUT2D eigenvalue weighted by Crippen LogP contribution is -2.39. The molecule has 1 amide bonds. The standard InChI is InChI=1S/C15H22N2O2.ClH/c18-11-14(12-4-2-1-3-5-12)10-17-15(19)13-6-8-16-9-7-13;/h1-5,13-14,16,18H,6-11H2,(H,17,19);1H. The van der Waals surface area contributed by atoms with Crippen LogP contribution < -0.4 is 10.6 Å². The number of halogens is 1. The second-order valence-electron chi connectivity index (χ2n) is 5.06. The molecule has 1 aliphatic heterocycles. The number of nitrogens with one attached hydrogen (secondary N) is 2. The molecule has 1 unspecified atom stereocenters. The Morgan fingerprint density at radius 2 is 1.95 bits per heavy atom. The Kier molecular flexibility index (Phi) is 7.59. The number of rotatable bonds is 5. The van der Waals surface area contributed by atoms with Crippen molar-refractivity contribution in [3.8, 4) is 0 Å². The third-order valence-electron chi connectivity index (χ3n) is 3.72. The summed E-state index contributed by atoms with van der Waals surface area (Å²) in [5, 5.41) is 15.7. The van der Waals surface area contributed by atoms with E-state index in [-0.39, 0.29) is 36.8 Å². The molecule has 1 fully saturated rings. The molecule has 0 saturated carbocycles. The Hall–Kier alpha value is -1.10. The van der Waals surface area contributed by atoms with E-state index in [2.05, 4.69) is 10.6 Å². The van der Waals surface area contributed by atoms with E-state index in [9.17, 15) is 9.90 Å². The summed E-state index contributed by atoms with van der Waals surface area (Å²) in [6, 6.07) is 9.82. The van der Waals surface area contributed by atoms with Gasteiger partial charge in [0.15, 0.2) is 0 Å². The fourth-order valence-electron chi connectivity index (χ4n) is 2.47. The van der Waals surface area contributed by atoms with Crippen molar-refractivity contribution in [2.45, 2.75) is 18.8 Å². The Balaban J connectivity index is 0.00000200. The van der Waals surface area contributed by atoms with Crippen LogP contribution >= 0.6 is 12.4 Å². The van der Waals surface area contributed by atoms with Crippen molar-refractivity contribution < 1.29 is 9.90 Å². The normalized spacial score (nSPS) is 17.1. The van der Waals surface area contributed by atoms with E-state index < -0.39 is 0 Å². The molecule has 1 atom stereocenters. The highest BCUT2D eigenvalue weighted by Gasteiger charge is 2.21. The Bertz CT molecular complexity index is 394. The molecule has 1 aromatic rings. The van der Waals surface area contributed by atoms with Gasteiger partial charge in [-0.2, -0.15) is 0 Å². The first kappa shape index (κ1) is 17.0. The van der Waals surface area contributed by atoms with Gasteiger partial charge in [-0.3, -0.25) is 4.79 Å². The lowest BCUT2D eigenvalue weighted by molar-refractivity contribution is -0.125. The highest BCUT2D eigenvalue weighted by Crippen LogP contribution is 2.15. The van der Waals surface area contributed by atoms with Crippen LogP contribution in [0, 0.1) is 5.92 Å². The smallest absolute Gasteiger partial charge is 0.223 e. The highest BCUT2D eigenvalue weighted by molar-refractivity contribution is 5.85. The molecule has 2 rings (SSSR count). The van der Waals surface area contributed by atoms with Gasteiger partial charge in [-0.15, -0.1) is 12.4 Å². The molecule has 1 saturated heterocycles. The van der Waals surface area contributed by atoms with Crippen LogP contribution in [0.25, 0.3) is 0 Å². The first-order chi connectivity index (χ1) is 9.31. The molecule has 20 heavy (non-hydrogen) atoms. The number of hydrogen-bond acceptors (Lipinski definition) is 3. The molecular formula is C15H23ClN2O2. The van der Waals surface area contributed by atoms with Gasteiger partial charge >= 0.3 is 0 Å². The average Bonchev–Trinajstić information content (AvgIpc) is 2.49. The SMILES string of the molecule is Cl.O=C(NCC(CO)c1ccccc1)C1CCNCC1. The maximum Gasteiger partial charge on any atom is 0.223 e. The van der Waals surface area contributed by atoms with Crippen molar-refractivity contribution in [2.75, 3.05) is 26.2 Å². The second-order valence-corrected chi connectivity index (χ2v) is 5.06. The van der Waals surface area contributed by atoms with Gasteiger partial charge in [0, 0.05) is 18.4 Å². The minimum atomic E-state index is -0.0214. The number of aliphatic hydroxyl groups excluding tert-OH is 1. The summed E-state index contributed by atoms with van der Waals surface area (Å²) in [5.41, 5.74) is 1.07. The van der Waals surface area contributed by atoms with Crippen molar-refractivity contribution in [3.05, 3.63) is 35.9 Å². The van der Waals surface area contributed by atoms with Gasteiger partial charge in [-0.05, 0) is 31.5 Å². The monoisotopic (exact) mass is 298 g/mol. The number of hydrogen-bond donors (Lipinski definition) is 3. The zero-order valence-electron chi connectivity index (χ0n) is 11.5. The largest absolute Gasteiger partial charge is 0.396 e. The fourth-order valence-corrected chi connectivity index (χ4v) is 2.47. The van der Waals surface area contributed by atoms with E-state index in [1.807, 2.05) is 30.3 Å². The Labute approximate surface area is 126 Å². The zero-order chi connectivity index (χ0) is 13.5. The van der Waals surface area contributed by atoms with Gasteiger partial charge in [-0.25, -0.2) is 0 Å². The number of aliphatic hydroxyl groups is 1. The zero-order valence-corrected chi connectivity index (χ0v) is 12.4. The van der Waals surface area contributed by atoms with Crippen LogP contribution in [-0.4, -0.2) is 37.3 Å². The number of carbonyl (C=O) groups is 1.